The summed E-state index contributed by atoms with van der Waals surface area (Å²) in [6.07, 6.45) is 0. The maximum Gasteiger partial charge on any atom is 0.142 e. The van der Waals surface area contributed by atoms with Gasteiger partial charge in [0.25, 0.3) is 0 Å². The molecule has 0 aliphatic carbocycles. The van der Waals surface area contributed by atoms with Crippen LogP contribution in [-0.4, -0.2) is 10.1 Å². The van der Waals surface area contributed by atoms with Crippen LogP contribution in [-0.2, 0) is 0 Å². The molecule has 0 aliphatic rings. The van der Waals surface area contributed by atoms with E-state index in [1.807, 2.05) is 13.0 Å². The highest BCUT2D eigenvalue weighted by molar-refractivity contribution is 7.16. The van der Waals surface area contributed by atoms with E-state index in [4.69, 9.17) is 0 Å². The number of aromatic hydroxyl groups is 1. The average Bonchev–Trinajstić information content (AvgIpc) is 2.34. The van der Waals surface area contributed by atoms with Gasteiger partial charge in [-0.2, -0.15) is 0 Å². The van der Waals surface area contributed by atoms with Gasteiger partial charge >= 0.3 is 0 Å². The van der Waals surface area contributed by atoms with E-state index >= 15 is 0 Å². The van der Waals surface area contributed by atoms with Crippen molar-refractivity contribution in [3.8, 4) is 5.75 Å². The first-order valence-corrected chi connectivity index (χ1v) is 4.18. The first kappa shape index (κ1) is 6.61. The lowest BCUT2D eigenvalue weighted by atomic mass is 10.2. The van der Waals surface area contributed by atoms with E-state index in [1.165, 1.54) is 0 Å². The second-order valence-corrected chi connectivity index (χ2v) is 3.37. The summed E-state index contributed by atoms with van der Waals surface area (Å²) in [4.78, 5) is 4.03. The molecule has 0 unspecified atom stereocenters. The number of aromatic nitrogens is 1. The fourth-order valence-corrected chi connectivity index (χ4v) is 1.88. The Labute approximate surface area is 68.1 Å². The number of hydrogen-bond donors (Lipinski definition) is 1. The van der Waals surface area contributed by atoms with Gasteiger partial charge in [0.15, 0.2) is 0 Å². The molecule has 0 fully saturated rings. The smallest absolute Gasteiger partial charge is 0.142 e. The van der Waals surface area contributed by atoms with Crippen LogP contribution in [0, 0.1) is 6.92 Å². The van der Waals surface area contributed by atoms with Gasteiger partial charge in [-0.3, -0.25) is 0 Å². The molecular formula is C8H7NOS. The summed E-state index contributed by atoms with van der Waals surface area (Å²) in [5.41, 5.74) is 3.52. The van der Waals surface area contributed by atoms with Crippen LogP contribution in [0.1, 0.15) is 5.56 Å². The fourth-order valence-electron chi connectivity index (χ4n) is 1.08. The van der Waals surface area contributed by atoms with Crippen molar-refractivity contribution in [1.29, 1.82) is 0 Å². The molecule has 1 N–H and O–H groups in total. The number of rotatable bonds is 0. The van der Waals surface area contributed by atoms with Crippen molar-refractivity contribution in [3.05, 3.63) is 23.2 Å². The minimum absolute atomic E-state index is 0.279. The standard InChI is InChI=1S/C8H7NOS/c1-5-2-6(10)8-7(3-5)11-4-9-8/h2-4,10H,1H3. The van der Waals surface area contributed by atoms with Gasteiger partial charge in [-0.05, 0) is 24.6 Å². The van der Waals surface area contributed by atoms with E-state index in [1.54, 1.807) is 22.9 Å². The molecule has 0 bridgehead atoms. The lowest BCUT2D eigenvalue weighted by Crippen LogP contribution is -1.73. The second-order valence-electron chi connectivity index (χ2n) is 2.48. The zero-order valence-corrected chi connectivity index (χ0v) is 6.85. The van der Waals surface area contributed by atoms with Crippen LogP contribution in [0.3, 0.4) is 0 Å². The molecule has 11 heavy (non-hydrogen) atoms. The lowest BCUT2D eigenvalue weighted by Gasteiger charge is -1.94. The summed E-state index contributed by atoms with van der Waals surface area (Å²) in [5, 5.41) is 9.39. The Balaban J connectivity index is 2.91. The predicted octanol–water partition coefficient (Wildman–Crippen LogP) is 2.31. The molecule has 3 heteroatoms. The highest BCUT2D eigenvalue weighted by atomic mass is 32.1. The van der Waals surface area contributed by atoms with Crippen molar-refractivity contribution in [2.75, 3.05) is 0 Å². The van der Waals surface area contributed by atoms with E-state index in [-0.39, 0.29) is 5.75 Å². The molecule has 2 aromatic rings. The van der Waals surface area contributed by atoms with Gasteiger partial charge < -0.3 is 5.11 Å². The van der Waals surface area contributed by atoms with Gasteiger partial charge in [-0.15, -0.1) is 11.3 Å². The molecule has 0 saturated heterocycles. The molecule has 0 atom stereocenters. The van der Waals surface area contributed by atoms with E-state index in [0.717, 1.165) is 10.3 Å². The van der Waals surface area contributed by atoms with Gasteiger partial charge in [-0.25, -0.2) is 4.98 Å². The number of thiazole rings is 1. The van der Waals surface area contributed by atoms with Crippen LogP contribution < -0.4 is 0 Å². The average molecular weight is 165 g/mol. The summed E-state index contributed by atoms with van der Waals surface area (Å²) in [6.45, 7) is 1.96. The molecule has 1 aromatic carbocycles. The van der Waals surface area contributed by atoms with E-state index < -0.39 is 0 Å². The quantitative estimate of drug-likeness (QED) is 0.649. The van der Waals surface area contributed by atoms with Crippen molar-refractivity contribution in [2.24, 2.45) is 0 Å². The number of phenols is 1. The monoisotopic (exact) mass is 165 g/mol. The summed E-state index contributed by atoms with van der Waals surface area (Å²) in [7, 11) is 0. The largest absolute Gasteiger partial charge is 0.506 e. The first-order valence-electron chi connectivity index (χ1n) is 3.30. The van der Waals surface area contributed by atoms with Crippen LogP contribution in [0.2, 0.25) is 0 Å². The van der Waals surface area contributed by atoms with Gasteiger partial charge in [-0.1, -0.05) is 0 Å². The normalized spacial score (nSPS) is 10.6. The topological polar surface area (TPSA) is 33.1 Å². The molecule has 0 aliphatic heterocycles. The molecular weight excluding hydrogens is 158 g/mol. The maximum absolute atomic E-state index is 9.39. The Kier molecular flexibility index (Phi) is 1.32. The van der Waals surface area contributed by atoms with Gasteiger partial charge in [0, 0.05) is 0 Å². The minimum Gasteiger partial charge on any atom is -0.506 e. The van der Waals surface area contributed by atoms with Crippen molar-refractivity contribution < 1.29 is 5.11 Å². The number of aryl methyl sites for hydroxylation is 1. The van der Waals surface area contributed by atoms with E-state index in [2.05, 4.69) is 4.98 Å². The zero-order valence-electron chi connectivity index (χ0n) is 6.03. The Hall–Kier alpha value is -1.09. The van der Waals surface area contributed by atoms with Gasteiger partial charge in [0.05, 0.1) is 10.2 Å². The van der Waals surface area contributed by atoms with Crippen LogP contribution in [0.5, 0.6) is 5.75 Å². The molecule has 56 valence electrons. The van der Waals surface area contributed by atoms with E-state index in [9.17, 15) is 5.11 Å². The Morgan fingerprint density at radius 1 is 1.45 bits per heavy atom. The highest BCUT2D eigenvalue weighted by Crippen LogP contribution is 2.27. The first-order chi connectivity index (χ1) is 5.27. The molecule has 0 amide bonds. The third-order valence-electron chi connectivity index (χ3n) is 1.56. The predicted molar refractivity (Wildman–Crippen MR) is 46.0 cm³/mol. The summed E-state index contributed by atoms with van der Waals surface area (Å²) >= 11 is 1.54. The van der Waals surface area contributed by atoms with Crippen LogP contribution in [0.25, 0.3) is 10.2 Å². The molecule has 0 saturated carbocycles. The van der Waals surface area contributed by atoms with Crippen molar-refractivity contribution in [2.45, 2.75) is 6.92 Å². The Bertz CT molecular complexity index is 394. The number of phenolic OH excluding ortho intramolecular Hbond substituents is 1. The third kappa shape index (κ3) is 0.973. The van der Waals surface area contributed by atoms with Gasteiger partial charge in [0.2, 0.25) is 0 Å². The SMILES string of the molecule is Cc1cc(O)c2ncsc2c1. The number of benzene rings is 1. The molecule has 0 spiro atoms. The van der Waals surface area contributed by atoms with Crippen LogP contribution in [0.15, 0.2) is 17.6 Å². The summed E-state index contributed by atoms with van der Waals surface area (Å²) in [5.74, 6) is 0.279. The lowest BCUT2D eigenvalue weighted by molar-refractivity contribution is 0.480. The minimum atomic E-state index is 0.279. The Morgan fingerprint density at radius 3 is 3.09 bits per heavy atom. The number of fused-ring (bicyclic) bond motifs is 1. The molecule has 2 nitrogen and oxygen atoms in total. The maximum atomic E-state index is 9.39. The number of nitrogens with zero attached hydrogens (tertiary/aromatic N) is 1. The van der Waals surface area contributed by atoms with Crippen LogP contribution in [0.4, 0.5) is 0 Å². The molecule has 0 radical (unpaired) electrons. The van der Waals surface area contributed by atoms with Crippen molar-refractivity contribution in [3.63, 3.8) is 0 Å². The zero-order chi connectivity index (χ0) is 7.84. The Morgan fingerprint density at radius 2 is 2.27 bits per heavy atom. The molecule has 2 rings (SSSR count). The molecule has 1 aromatic heterocycles. The summed E-state index contributed by atoms with van der Waals surface area (Å²) in [6, 6.07) is 3.74. The van der Waals surface area contributed by atoms with Gasteiger partial charge in [0.1, 0.15) is 11.3 Å². The van der Waals surface area contributed by atoms with Crippen LogP contribution >= 0.6 is 11.3 Å². The van der Waals surface area contributed by atoms with Crippen molar-refractivity contribution >= 4 is 21.6 Å². The molecule has 1 heterocycles. The third-order valence-corrected chi connectivity index (χ3v) is 2.34. The highest BCUT2D eigenvalue weighted by Gasteiger charge is 2.01. The fraction of sp³-hybridized carbons (Fsp3) is 0.125. The number of hydrogen-bond acceptors (Lipinski definition) is 3. The van der Waals surface area contributed by atoms with Crippen molar-refractivity contribution in [1.82, 2.24) is 4.98 Å². The van der Waals surface area contributed by atoms with E-state index in [0.29, 0.717) is 5.52 Å². The second kappa shape index (κ2) is 2.20. The summed E-state index contributed by atoms with van der Waals surface area (Å²) < 4.78 is 1.04.